The third-order valence-electron chi connectivity index (χ3n) is 2.80. The summed E-state index contributed by atoms with van der Waals surface area (Å²) in [5, 5.41) is 0. The Hall–Kier alpha value is -1.46. The Bertz CT molecular complexity index is 586. The maximum absolute atomic E-state index is 5.37. The molecule has 114 valence electrons. The molecule has 0 spiro atoms. The molecule has 0 aliphatic rings. The minimum Gasteiger partial charge on any atom is -0.496 e. The van der Waals surface area contributed by atoms with E-state index >= 15 is 0 Å². The second-order valence-corrected chi connectivity index (χ2v) is 4.41. The zero-order chi connectivity index (χ0) is 15.8. The third-order valence-corrected chi connectivity index (χ3v) is 3.21. The van der Waals surface area contributed by atoms with E-state index in [1.165, 1.54) is 0 Å². The lowest BCUT2D eigenvalue weighted by molar-refractivity contribution is 0.416. The highest BCUT2D eigenvalue weighted by molar-refractivity contribution is 7.75. The summed E-state index contributed by atoms with van der Waals surface area (Å²) in [6.45, 7) is 5.99. The normalized spacial score (nSPS) is 9.43. The summed E-state index contributed by atoms with van der Waals surface area (Å²) in [4.78, 5) is 0. The molecule has 0 amide bonds. The van der Waals surface area contributed by atoms with E-state index in [1.807, 2.05) is 51.1 Å². The zero-order valence-corrected chi connectivity index (χ0v) is 14.4. The Morgan fingerprint density at radius 2 is 1.52 bits per heavy atom. The van der Waals surface area contributed by atoms with E-state index in [1.54, 1.807) is 13.2 Å². The predicted molar refractivity (Wildman–Crippen MR) is 93.7 cm³/mol. The van der Waals surface area contributed by atoms with E-state index < -0.39 is 0 Å². The summed E-state index contributed by atoms with van der Waals surface area (Å²) in [5.74, 6) is 2.02. The number of thiol groups is 2. The Kier molecular flexibility index (Phi) is 7.32. The minimum atomic E-state index is 0.629. The first-order chi connectivity index (χ1) is 10.2. The monoisotopic (exact) mass is 324 g/mol. The van der Waals surface area contributed by atoms with Gasteiger partial charge in [-0.05, 0) is 36.8 Å². The van der Waals surface area contributed by atoms with Crippen LogP contribution in [0.15, 0.2) is 36.4 Å². The van der Waals surface area contributed by atoms with Gasteiger partial charge in [0.25, 0.3) is 0 Å². The fourth-order valence-corrected chi connectivity index (χ4v) is 2.15. The highest BCUT2D eigenvalue weighted by atomic mass is 32.1. The predicted octanol–water partition coefficient (Wildman–Crippen LogP) is 5.14. The quantitative estimate of drug-likeness (QED) is 0.602. The summed E-state index contributed by atoms with van der Waals surface area (Å²) in [6, 6.07) is 11.3. The van der Waals surface area contributed by atoms with Gasteiger partial charge < -0.3 is 13.1 Å². The molecule has 5 heteroatoms. The first-order valence-electron chi connectivity index (χ1n) is 6.61. The lowest BCUT2D eigenvalue weighted by Crippen LogP contribution is -1.91. The molecule has 0 bridgehead atoms. The topological polar surface area (TPSA) is 27.7 Å². The standard InChI is InChI=1S/C14H14O3S2.C2H6/c1-9-3-5-11(14(7-9)17-19)12-8-10(16-18)4-6-13(12)15-2;1-2/h3-8,18-19H,1-2H3;1-2H3. The van der Waals surface area contributed by atoms with Gasteiger partial charge in [0.05, 0.1) is 7.11 Å². The van der Waals surface area contributed by atoms with Crippen molar-refractivity contribution in [1.82, 2.24) is 0 Å². The van der Waals surface area contributed by atoms with Gasteiger partial charge in [0.2, 0.25) is 0 Å². The van der Waals surface area contributed by atoms with E-state index in [2.05, 4.69) is 25.8 Å². The number of hydrogen-bond donors (Lipinski definition) is 2. The van der Waals surface area contributed by atoms with Crippen LogP contribution in [0.2, 0.25) is 0 Å². The molecule has 0 aromatic heterocycles. The first kappa shape index (κ1) is 17.6. The van der Waals surface area contributed by atoms with Crippen molar-refractivity contribution in [3.63, 3.8) is 0 Å². The molecule has 0 saturated heterocycles. The van der Waals surface area contributed by atoms with Crippen molar-refractivity contribution in [2.75, 3.05) is 7.11 Å². The van der Waals surface area contributed by atoms with Gasteiger partial charge in [-0.2, -0.15) is 0 Å². The van der Waals surface area contributed by atoms with Crippen LogP contribution in [0.5, 0.6) is 17.2 Å². The van der Waals surface area contributed by atoms with Gasteiger partial charge in [-0.3, -0.25) is 0 Å². The maximum atomic E-state index is 5.37. The molecule has 0 heterocycles. The average molecular weight is 324 g/mol. The molecule has 2 rings (SSSR count). The van der Waals surface area contributed by atoms with E-state index in [0.717, 1.165) is 22.4 Å². The SMILES string of the molecule is CC.COc1ccc(OS)cc1-c1ccc(C)cc1OS. The van der Waals surface area contributed by atoms with Gasteiger partial charge in [-0.15, -0.1) is 0 Å². The number of rotatable bonds is 4. The first-order valence-corrected chi connectivity index (χ1v) is 7.34. The molecule has 2 aromatic rings. The van der Waals surface area contributed by atoms with E-state index in [9.17, 15) is 0 Å². The van der Waals surface area contributed by atoms with Crippen molar-refractivity contribution >= 4 is 25.8 Å². The zero-order valence-electron chi connectivity index (χ0n) is 12.6. The fourth-order valence-electron chi connectivity index (χ4n) is 1.88. The molecule has 21 heavy (non-hydrogen) atoms. The minimum absolute atomic E-state index is 0.629. The molecule has 0 atom stereocenters. The Balaban J connectivity index is 0.00000106. The van der Waals surface area contributed by atoms with Gasteiger partial charge in [0.15, 0.2) is 0 Å². The van der Waals surface area contributed by atoms with Crippen molar-refractivity contribution < 1.29 is 13.1 Å². The molecule has 0 aliphatic heterocycles. The van der Waals surface area contributed by atoms with Gasteiger partial charge >= 0.3 is 0 Å². The molecule has 0 radical (unpaired) electrons. The summed E-state index contributed by atoms with van der Waals surface area (Å²) < 4.78 is 15.5. The van der Waals surface area contributed by atoms with Crippen molar-refractivity contribution in [3.8, 4) is 28.4 Å². The van der Waals surface area contributed by atoms with Crippen molar-refractivity contribution in [1.29, 1.82) is 0 Å². The maximum Gasteiger partial charge on any atom is 0.145 e. The molecular formula is C16H20O3S2. The molecule has 0 fully saturated rings. The van der Waals surface area contributed by atoms with E-state index in [-0.39, 0.29) is 0 Å². The van der Waals surface area contributed by atoms with Crippen molar-refractivity contribution in [2.45, 2.75) is 20.8 Å². The van der Waals surface area contributed by atoms with Crippen LogP contribution in [-0.2, 0) is 0 Å². The fraction of sp³-hybridized carbons (Fsp3) is 0.250. The average Bonchev–Trinajstić information content (AvgIpc) is 2.56. The second kappa shape index (κ2) is 8.74. The Morgan fingerprint density at radius 1 is 0.810 bits per heavy atom. The van der Waals surface area contributed by atoms with Crippen molar-refractivity contribution in [3.05, 3.63) is 42.0 Å². The highest BCUT2D eigenvalue weighted by Crippen LogP contribution is 2.39. The number of aryl methyl sites for hydroxylation is 1. The number of methoxy groups -OCH3 is 1. The van der Waals surface area contributed by atoms with Crippen LogP contribution in [0, 0.1) is 6.92 Å². The van der Waals surface area contributed by atoms with Gasteiger partial charge in [0, 0.05) is 36.9 Å². The third kappa shape index (κ3) is 4.25. The van der Waals surface area contributed by atoms with Crippen LogP contribution >= 0.6 is 25.8 Å². The van der Waals surface area contributed by atoms with Crippen LogP contribution in [-0.4, -0.2) is 7.11 Å². The summed E-state index contributed by atoms with van der Waals surface area (Å²) in [7, 11) is 1.62. The van der Waals surface area contributed by atoms with Gasteiger partial charge in [-0.25, -0.2) is 0 Å². The summed E-state index contributed by atoms with van der Waals surface area (Å²) in [6.07, 6.45) is 0. The van der Waals surface area contributed by atoms with Crippen LogP contribution < -0.4 is 13.1 Å². The number of hydrogen-bond acceptors (Lipinski definition) is 5. The Labute approximate surface area is 137 Å². The number of benzene rings is 2. The lowest BCUT2D eigenvalue weighted by atomic mass is 10.0. The van der Waals surface area contributed by atoms with Crippen LogP contribution in [0.4, 0.5) is 0 Å². The van der Waals surface area contributed by atoms with Crippen LogP contribution in [0.3, 0.4) is 0 Å². The van der Waals surface area contributed by atoms with Crippen LogP contribution in [0.25, 0.3) is 11.1 Å². The van der Waals surface area contributed by atoms with Gasteiger partial charge in [-0.1, -0.05) is 26.0 Å². The van der Waals surface area contributed by atoms with E-state index in [4.69, 9.17) is 13.1 Å². The molecule has 0 unspecified atom stereocenters. The molecule has 0 saturated carbocycles. The van der Waals surface area contributed by atoms with Crippen molar-refractivity contribution in [2.24, 2.45) is 0 Å². The van der Waals surface area contributed by atoms with Crippen LogP contribution in [0.1, 0.15) is 19.4 Å². The smallest absolute Gasteiger partial charge is 0.145 e. The molecular weight excluding hydrogens is 304 g/mol. The summed E-state index contributed by atoms with van der Waals surface area (Å²) in [5.41, 5.74) is 2.83. The largest absolute Gasteiger partial charge is 0.496 e. The molecule has 3 nitrogen and oxygen atoms in total. The highest BCUT2D eigenvalue weighted by Gasteiger charge is 2.13. The number of ether oxygens (including phenoxy) is 1. The second-order valence-electron chi connectivity index (χ2n) is 4.04. The lowest BCUT2D eigenvalue weighted by Gasteiger charge is -2.13. The summed E-state index contributed by atoms with van der Waals surface area (Å²) >= 11 is 7.71. The van der Waals surface area contributed by atoms with Gasteiger partial charge in [0.1, 0.15) is 17.2 Å². The molecule has 0 aliphatic carbocycles. The van der Waals surface area contributed by atoms with E-state index in [0.29, 0.717) is 11.5 Å². The molecule has 2 aromatic carbocycles. The molecule has 0 N–H and O–H groups in total. The Morgan fingerprint density at radius 3 is 2.10 bits per heavy atom.